The molecule has 1 aliphatic heterocycles. The molecule has 4 aromatic rings. The molecule has 1 amide bonds. The van der Waals surface area contributed by atoms with Crippen LogP contribution in [0.15, 0.2) is 42.5 Å². The molecule has 32 heavy (non-hydrogen) atoms. The predicted octanol–water partition coefficient (Wildman–Crippen LogP) is 3.00. The first kappa shape index (κ1) is 20.3. The van der Waals surface area contributed by atoms with Crippen molar-refractivity contribution >= 4 is 33.7 Å². The van der Waals surface area contributed by atoms with Gasteiger partial charge in [-0.05, 0) is 29.3 Å². The molecule has 164 valence electrons. The normalized spacial score (nSPS) is 15.0. The van der Waals surface area contributed by atoms with Gasteiger partial charge in [-0.1, -0.05) is 24.3 Å². The van der Waals surface area contributed by atoms with Crippen LogP contribution < -0.4 is 0 Å². The number of rotatable bonds is 5. The van der Waals surface area contributed by atoms with E-state index in [4.69, 9.17) is 5.11 Å². The fourth-order valence-electron chi connectivity index (χ4n) is 4.50. The minimum atomic E-state index is -0.852. The number of H-pyrrole nitrogens is 2. The van der Waals surface area contributed by atoms with Crippen LogP contribution in [0.2, 0.25) is 0 Å². The number of carboxylic acid groups (broad SMARTS) is 1. The Morgan fingerprint density at radius 2 is 1.84 bits per heavy atom. The topological polar surface area (TPSA) is 105 Å². The second-order valence-corrected chi connectivity index (χ2v) is 8.37. The fraction of sp³-hybridized carbons (Fsp3) is 0.292. The summed E-state index contributed by atoms with van der Waals surface area (Å²) in [5.74, 6) is -0.710. The molecule has 1 aliphatic rings. The lowest BCUT2D eigenvalue weighted by atomic mass is 10.1. The van der Waals surface area contributed by atoms with E-state index in [9.17, 15) is 9.59 Å². The standard InChI is InChI=1S/C24H25N5O3/c1-15(30)29-9-7-28(8-10-29)14-17-3-2-4-20-19(17)13-22(25-20)24-18-6-5-16(12-23(31)32)11-21(18)26-27-24/h2-6,11,13,25H,7-10,12,14H2,1H3,(H,26,27)(H,31,32). The zero-order valence-electron chi connectivity index (χ0n) is 17.9. The molecule has 0 radical (unpaired) electrons. The van der Waals surface area contributed by atoms with Gasteiger partial charge in [0.1, 0.15) is 5.69 Å². The molecule has 3 heterocycles. The molecular formula is C24H25N5O3. The second kappa shape index (κ2) is 8.12. The minimum Gasteiger partial charge on any atom is -0.481 e. The molecule has 5 rings (SSSR count). The van der Waals surface area contributed by atoms with Crippen LogP contribution in [-0.4, -0.2) is 68.1 Å². The van der Waals surface area contributed by atoms with E-state index in [1.165, 1.54) is 5.56 Å². The number of amides is 1. The summed E-state index contributed by atoms with van der Waals surface area (Å²) in [6.07, 6.45) is -0.0132. The number of nitrogens with zero attached hydrogens (tertiary/aromatic N) is 3. The van der Waals surface area contributed by atoms with Gasteiger partial charge >= 0.3 is 5.97 Å². The maximum Gasteiger partial charge on any atom is 0.307 e. The van der Waals surface area contributed by atoms with Crippen LogP contribution in [0.4, 0.5) is 0 Å². The van der Waals surface area contributed by atoms with Crippen LogP contribution in [0.5, 0.6) is 0 Å². The van der Waals surface area contributed by atoms with Gasteiger partial charge in [0.25, 0.3) is 0 Å². The molecule has 0 atom stereocenters. The number of carboxylic acids is 1. The fourth-order valence-corrected chi connectivity index (χ4v) is 4.50. The van der Waals surface area contributed by atoms with Gasteiger partial charge < -0.3 is 15.0 Å². The summed E-state index contributed by atoms with van der Waals surface area (Å²) in [5.41, 5.74) is 5.60. The van der Waals surface area contributed by atoms with E-state index in [1.54, 1.807) is 6.92 Å². The Labute approximate surface area is 184 Å². The van der Waals surface area contributed by atoms with E-state index in [0.717, 1.165) is 71.5 Å². The predicted molar refractivity (Wildman–Crippen MR) is 122 cm³/mol. The van der Waals surface area contributed by atoms with Crippen LogP contribution in [-0.2, 0) is 22.6 Å². The number of nitrogens with one attached hydrogen (secondary N) is 2. The first-order chi connectivity index (χ1) is 15.5. The van der Waals surface area contributed by atoms with Crippen LogP contribution in [0, 0.1) is 0 Å². The summed E-state index contributed by atoms with van der Waals surface area (Å²) in [6.45, 7) is 5.75. The highest BCUT2D eigenvalue weighted by atomic mass is 16.4. The van der Waals surface area contributed by atoms with Gasteiger partial charge in [-0.3, -0.25) is 19.6 Å². The molecule has 2 aromatic carbocycles. The number of hydrogen-bond acceptors (Lipinski definition) is 4. The molecule has 0 spiro atoms. The summed E-state index contributed by atoms with van der Waals surface area (Å²) < 4.78 is 0. The molecular weight excluding hydrogens is 406 g/mol. The first-order valence-corrected chi connectivity index (χ1v) is 10.8. The number of hydrogen-bond donors (Lipinski definition) is 3. The Kier molecular flexibility index (Phi) is 5.14. The van der Waals surface area contributed by atoms with Crippen molar-refractivity contribution in [3.63, 3.8) is 0 Å². The van der Waals surface area contributed by atoms with Gasteiger partial charge in [0.2, 0.25) is 5.91 Å². The largest absolute Gasteiger partial charge is 0.481 e. The maximum atomic E-state index is 11.6. The molecule has 0 bridgehead atoms. The van der Waals surface area contributed by atoms with E-state index in [2.05, 4.69) is 44.3 Å². The summed E-state index contributed by atoms with van der Waals surface area (Å²) >= 11 is 0. The number of aromatic nitrogens is 3. The zero-order valence-corrected chi connectivity index (χ0v) is 17.9. The Bertz CT molecular complexity index is 1310. The van der Waals surface area contributed by atoms with E-state index >= 15 is 0 Å². The van der Waals surface area contributed by atoms with Gasteiger partial charge in [-0.2, -0.15) is 5.10 Å². The summed E-state index contributed by atoms with van der Waals surface area (Å²) in [6, 6.07) is 14.0. The molecule has 0 aliphatic carbocycles. The Morgan fingerprint density at radius 1 is 1.03 bits per heavy atom. The zero-order chi connectivity index (χ0) is 22.2. The third kappa shape index (κ3) is 3.85. The third-order valence-electron chi connectivity index (χ3n) is 6.20. The molecule has 8 nitrogen and oxygen atoms in total. The molecule has 1 fully saturated rings. The number of carbonyl (C=O) groups is 2. The van der Waals surface area contributed by atoms with Gasteiger partial charge in [0.05, 0.1) is 17.6 Å². The highest BCUT2D eigenvalue weighted by molar-refractivity contribution is 5.96. The summed E-state index contributed by atoms with van der Waals surface area (Å²) in [5, 5.41) is 18.7. The maximum absolute atomic E-state index is 11.6. The monoisotopic (exact) mass is 431 g/mol. The van der Waals surface area contributed by atoms with Gasteiger partial charge in [0, 0.05) is 55.9 Å². The molecule has 8 heteroatoms. The lowest BCUT2D eigenvalue weighted by Gasteiger charge is -2.34. The highest BCUT2D eigenvalue weighted by Crippen LogP contribution is 2.31. The first-order valence-electron chi connectivity index (χ1n) is 10.8. The molecule has 0 saturated carbocycles. The van der Waals surface area contributed by atoms with Gasteiger partial charge in [-0.15, -0.1) is 0 Å². The van der Waals surface area contributed by atoms with Crippen molar-refractivity contribution in [1.29, 1.82) is 0 Å². The van der Waals surface area contributed by atoms with Crippen molar-refractivity contribution in [3.8, 4) is 11.4 Å². The average molecular weight is 431 g/mol. The van der Waals surface area contributed by atoms with Crippen molar-refractivity contribution in [2.45, 2.75) is 19.9 Å². The van der Waals surface area contributed by atoms with Crippen molar-refractivity contribution in [3.05, 3.63) is 53.6 Å². The van der Waals surface area contributed by atoms with E-state index in [0.29, 0.717) is 0 Å². The molecule has 1 saturated heterocycles. The smallest absolute Gasteiger partial charge is 0.307 e. The van der Waals surface area contributed by atoms with Crippen LogP contribution in [0.1, 0.15) is 18.1 Å². The van der Waals surface area contributed by atoms with Crippen molar-refractivity contribution in [2.75, 3.05) is 26.2 Å². The SMILES string of the molecule is CC(=O)N1CCN(Cc2cccc3[nH]c(-c4n[nH]c5cc(CC(=O)O)ccc45)cc23)CC1. The minimum absolute atomic E-state index is 0.0132. The third-order valence-corrected chi connectivity index (χ3v) is 6.20. The van der Waals surface area contributed by atoms with Gasteiger partial charge in [-0.25, -0.2) is 0 Å². The summed E-state index contributed by atoms with van der Waals surface area (Å²) in [4.78, 5) is 30.4. The Morgan fingerprint density at radius 3 is 2.59 bits per heavy atom. The van der Waals surface area contributed by atoms with Crippen molar-refractivity contribution < 1.29 is 14.7 Å². The molecule has 3 N–H and O–H groups in total. The van der Waals surface area contributed by atoms with Crippen molar-refractivity contribution in [2.24, 2.45) is 0 Å². The number of carbonyl (C=O) groups excluding carboxylic acids is 1. The average Bonchev–Trinajstić information content (AvgIpc) is 3.38. The van der Waals surface area contributed by atoms with E-state index in [1.807, 2.05) is 23.1 Å². The summed E-state index contributed by atoms with van der Waals surface area (Å²) in [7, 11) is 0. The lowest BCUT2D eigenvalue weighted by Crippen LogP contribution is -2.47. The van der Waals surface area contributed by atoms with Crippen LogP contribution in [0.3, 0.4) is 0 Å². The second-order valence-electron chi connectivity index (χ2n) is 8.37. The number of benzene rings is 2. The highest BCUT2D eigenvalue weighted by Gasteiger charge is 2.20. The molecule has 0 unspecified atom stereocenters. The number of piperazine rings is 1. The number of fused-ring (bicyclic) bond motifs is 2. The van der Waals surface area contributed by atoms with Gasteiger partial charge in [0.15, 0.2) is 0 Å². The van der Waals surface area contributed by atoms with Crippen LogP contribution >= 0.6 is 0 Å². The van der Waals surface area contributed by atoms with Crippen molar-refractivity contribution in [1.82, 2.24) is 25.0 Å². The molecule has 2 aromatic heterocycles. The van der Waals surface area contributed by atoms with E-state index < -0.39 is 5.97 Å². The number of aliphatic carboxylic acids is 1. The van der Waals surface area contributed by atoms with Crippen LogP contribution in [0.25, 0.3) is 33.2 Å². The Hall–Kier alpha value is -3.65. The quantitative estimate of drug-likeness (QED) is 0.451. The Balaban J connectivity index is 1.42. The lowest BCUT2D eigenvalue weighted by molar-refractivity contribution is -0.136. The van der Waals surface area contributed by atoms with E-state index in [-0.39, 0.29) is 12.3 Å². The number of aromatic amines is 2.